The number of rotatable bonds is 11. The van der Waals surface area contributed by atoms with Crippen LogP contribution >= 0.6 is 0 Å². The van der Waals surface area contributed by atoms with Gasteiger partial charge < -0.3 is 0 Å². The zero-order valence-electron chi connectivity index (χ0n) is 67.7. The van der Waals surface area contributed by atoms with Crippen molar-refractivity contribution in [2.45, 2.75) is 218 Å². The van der Waals surface area contributed by atoms with Gasteiger partial charge in [0, 0.05) is 95.6 Å². The SMILES string of the molecule is C.C.C.C.C.Cc1ccc(-c2ccc(C(C)C)c[n+]2C)c(C)c1.Cc1ccccc1-c1cc(C)c(C(C)C)c[n+]1C.[2H]C(C)(C)c1c[n+](C)c(-c2ccccc2C)cc1C.[2H]C(C)(C)c1cc(-c2ccccc2C)[n+](C)cc1C([2H])(C)C.[2H]C([2H])([2H])c1ccc(-c2ccc(C([2H])(C)C)c[n+]2C)c(C)c1. The molecule has 0 aliphatic rings. The van der Waals surface area contributed by atoms with Crippen LogP contribution in [-0.4, -0.2) is 0 Å². The Kier molecular flexibility index (Phi) is 30.2. The molecule has 5 heterocycles. The molecule has 0 saturated heterocycles. The number of aromatic nitrogens is 5. The van der Waals surface area contributed by atoms with Gasteiger partial charge in [0.05, 0.1) is 0 Å². The van der Waals surface area contributed by atoms with E-state index >= 15 is 0 Å². The van der Waals surface area contributed by atoms with E-state index in [0.29, 0.717) is 17.4 Å². The maximum atomic E-state index is 8.48. The summed E-state index contributed by atoms with van der Waals surface area (Å²) < 4.78 is 66.3. The summed E-state index contributed by atoms with van der Waals surface area (Å²) >= 11 is 0. The van der Waals surface area contributed by atoms with Gasteiger partial charge in [0.2, 0.25) is 28.5 Å². The lowest BCUT2D eigenvalue weighted by molar-refractivity contribution is -0.661. The lowest BCUT2D eigenvalue weighted by atomic mass is 9.90. The van der Waals surface area contributed by atoms with Crippen LogP contribution in [0.25, 0.3) is 56.3 Å². The van der Waals surface area contributed by atoms with Gasteiger partial charge in [0.1, 0.15) is 35.2 Å². The summed E-state index contributed by atoms with van der Waals surface area (Å²) in [6.07, 6.45) is 10.6. The molecule has 5 nitrogen and oxygen atoms in total. The highest BCUT2D eigenvalue weighted by Gasteiger charge is 2.23. The zero-order valence-corrected chi connectivity index (χ0v) is 60.7. The van der Waals surface area contributed by atoms with E-state index in [-0.39, 0.29) is 37.1 Å². The summed E-state index contributed by atoms with van der Waals surface area (Å²) in [5, 5.41) is 0. The number of aryl methyl sites for hydroxylation is 14. The average molecular weight is 1320 g/mol. The Hall–Kier alpha value is -8.15. The molecule has 0 aliphatic carbocycles. The summed E-state index contributed by atoms with van der Waals surface area (Å²) in [4.78, 5) is 0. The molecule has 0 aliphatic heterocycles. The van der Waals surface area contributed by atoms with Crippen LogP contribution in [0.4, 0.5) is 0 Å². The fourth-order valence-corrected chi connectivity index (χ4v) is 12.0. The van der Waals surface area contributed by atoms with Crippen molar-refractivity contribution in [2.75, 3.05) is 0 Å². The van der Waals surface area contributed by atoms with Crippen molar-refractivity contribution >= 4 is 0 Å². The first-order chi connectivity index (χ1) is 45.8. The number of hydrogen-bond donors (Lipinski definition) is 0. The molecule has 5 aromatic carbocycles. The molecule has 0 fully saturated rings. The van der Waals surface area contributed by atoms with E-state index in [1.54, 1.807) is 12.1 Å². The smallest absolute Gasteiger partial charge is 0.201 e. The van der Waals surface area contributed by atoms with Crippen molar-refractivity contribution < 1.29 is 32.4 Å². The van der Waals surface area contributed by atoms with E-state index in [4.69, 9.17) is 9.60 Å². The number of benzene rings is 5. The predicted molar refractivity (Wildman–Crippen MR) is 426 cm³/mol. The minimum Gasteiger partial charge on any atom is -0.201 e. The first-order valence-electron chi connectivity index (χ1n) is 36.2. The van der Waals surface area contributed by atoms with Crippen LogP contribution in [0, 0.1) is 62.2 Å². The molecule has 522 valence electrons. The van der Waals surface area contributed by atoms with Crippen LogP contribution in [0.2, 0.25) is 0 Å². The molecule has 10 aromatic rings. The Bertz CT molecular complexity index is 4390. The summed E-state index contributed by atoms with van der Waals surface area (Å²) in [6.45, 7) is 38.9. The molecule has 0 N–H and O–H groups in total. The van der Waals surface area contributed by atoms with Crippen LogP contribution in [-0.2, 0) is 35.2 Å². The molecule has 0 atom stereocenters. The summed E-state index contributed by atoms with van der Waals surface area (Å²) in [5.74, 6) is -1.52. The molecule has 0 amide bonds. The van der Waals surface area contributed by atoms with Gasteiger partial charge in [-0.15, -0.1) is 0 Å². The van der Waals surface area contributed by atoms with Crippen LogP contribution in [0.15, 0.2) is 183 Å². The molecule has 97 heavy (non-hydrogen) atoms. The molecule has 0 saturated carbocycles. The topological polar surface area (TPSA) is 19.4 Å². The van der Waals surface area contributed by atoms with Gasteiger partial charge in [0.15, 0.2) is 31.0 Å². The summed E-state index contributed by atoms with van der Waals surface area (Å²) in [7, 11) is 10.3. The third-order valence-electron chi connectivity index (χ3n) is 17.5. The normalized spacial score (nSPS) is 12.1. The Morgan fingerprint density at radius 1 is 0.268 bits per heavy atom. The van der Waals surface area contributed by atoms with E-state index < -0.39 is 30.4 Å². The van der Waals surface area contributed by atoms with Gasteiger partial charge in [-0.2, -0.15) is 0 Å². The van der Waals surface area contributed by atoms with Crippen LogP contribution in [0.3, 0.4) is 0 Å². The third-order valence-corrected chi connectivity index (χ3v) is 17.5. The Balaban J connectivity index is 0.000000644. The molecule has 0 spiro atoms. The largest absolute Gasteiger partial charge is 0.212 e. The third kappa shape index (κ3) is 22.7. The molecular formula is C92H134N5+5. The predicted octanol–water partition coefficient (Wildman–Crippen LogP) is 23.6. The highest BCUT2D eigenvalue weighted by atomic mass is 14.9. The van der Waals surface area contributed by atoms with Crippen molar-refractivity contribution in [1.82, 2.24) is 0 Å². The fourth-order valence-electron chi connectivity index (χ4n) is 12.0. The Morgan fingerprint density at radius 2 is 0.598 bits per heavy atom. The second kappa shape index (κ2) is 39.3. The van der Waals surface area contributed by atoms with Crippen molar-refractivity contribution in [3.63, 3.8) is 0 Å². The number of hydrogen-bond acceptors (Lipinski definition) is 0. The standard InChI is InChI=1S/C19H26N.4C17H22N.5CH4/c1-13(2)17-11-19(16-10-8-7-9-15(16)5)20(6)12-18(17)14(3)4;2*1-12(2)15-7-9-17(18(5)11-15)16-8-6-13(3)10-14(16)4;2*1-12(2)16-11-18(5)17(10-14(16)4)15-9-7-6-8-13(15)3;;;;;/h7-14H,1-6H3;4*6-12H,1-5H3;5*1H4/q5*+1;;;;;/i13D,14D;3D3,12D;;12D;;;;;;. The van der Waals surface area contributed by atoms with Gasteiger partial charge in [0.25, 0.3) is 0 Å². The van der Waals surface area contributed by atoms with Crippen molar-refractivity contribution in [2.24, 2.45) is 35.2 Å². The van der Waals surface area contributed by atoms with E-state index in [1.807, 2.05) is 124 Å². The first-order valence-corrected chi connectivity index (χ1v) is 32.7. The monoisotopic (exact) mass is 1320 g/mol. The van der Waals surface area contributed by atoms with E-state index in [0.717, 1.165) is 44.8 Å². The van der Waals surface area contributed by atoms with Gasteiger partial charge in [-0.25, -0.2) is 22.8 Å². The maximum Gasteiger partial charge on any atom is 0.212 e. The lowest BCUT2D eigenvalue weighted by Crippen LogP contribution is -2.32. The minimum absolute atomic E-state index is 0. The second-order valence-corrected chi connectivity index (χ2v) is 26.8. The Morgan fingerprint density at radius 3 is 0.959 bits per heavy atom. The molecular weight excluding hydrogens is 1180 g/mol. The first kappa shape index (κ1) is 74.6. The summed E-state index contributed by atoms with van der Waals surface area (Å²) in [5.41, 5.74) is 28.9. The minimum atomic E-state index is -2.08. The average Bonchev–Trinajstić information content (AvgIpc) is 0.772. The second-order valence-electron chi connectivity index (χ2n) is 26.8. The highest BCUT2D eigenvalue weighted by Crippen LogP contribution is 2.31. The van der Waals surface area contributed by atoms with Crippen molar-refractivity contribution in [3.05, 3.63) is 266 Å². The zero-order chi connectivity index (χ0) is 74.2. The highest BCUT2D eigenvalue weighted by molar-refractivity contribution is 5.65. The maximum absolute atomic E-state index is 8.48. The van der Waals surface area contributed by atoms with Gasteiger partial charge in [-0.1, -0.05) is 210 Å². The Labute approximate surface area is 604 Å². The molecule has 5 heteroatoms. The molecule has 0 unspecified atom stereocenters. The molecule has 0 bridgehead atoms. The quantitative estimate of drug-likeness (QED) is 0.115. The van der Waals surface area contributed by atoms with Crippen LogP contribution in [0.1, 0.15) is 249 Å². The van der Waals surface area contributed by atoms with E-state index in [9.17, 15) is 0 Å². The van der Waals surface area contributed by atoms with Crippen LogP contribution in [0.5, 0.6) is 0 Å². The lowest BCUT2D eigenvalue weighted by Gasteiger charge is -2.16. The van der Waals surface area contributed by atoms with Gasteiger partial charge in [-0.05, 0) is 185 Å². The summed E-state index contributed by atoms with van der Waals surface area (Å²) in [6, 6.07) is 52.1. The van der Waals surface area contributed by atoms with Gasteiger partial charge in [-0.3, -0.25) is 0 Å². The van der Waals surface area contributed by atoms with Crippen molar-refractivity contribution in [1.29, 1.82) is 0 Å². The van der Waals surface area contributed by atoms with E-state index in [2.05, 4.69) is 243 Å². The van der Waals surface area contributed by atoms with Gasteiger partial charge >= 0.3 is 0 Å². The van der Waals surface area contributed by atoms with Crippen LogP contribution < -0.4 is 22.8 Å². The van der Waals surface area contributed by atoms with Crippen molar-refractivity contribution in [3.8, 4) is 56.3 Å². The molecule has 10 rings (SSSR count). The number of pyridine rings is 5. The van der Waals surface area contributed by atoms with E-state index in [1.165, 1.54) is 89.4 Å². The molecule has 0 radical (unpaired) electrons. The number of nitrogens with zero attached hydrogens (tertiary/aromatic N) is 5. The fraction of sp³-hybridized carbons (Fsp3) is 0.402. The molecule has 5 aromatic heterocycles.